The number of carbonyl (C=O) groups excluding carboxylic acids is 2. The van der Waals surface area contributed by atoms with Gasteiger partial charge in [-0.3, -0.25) is 9.59 Å². The lowest BCUT2D eigenvalue weighted by Crippen LogP contribution is -2.08. The van der Waals surface area contributed by atoms with E-state index in [-0.39, 0.29) is 29.0 Å². The van der Waals surface area contributed by atoms with Crippen LogP contribution >= 0.6 is 0 Å². The summed E-state index contributed by atoms with van der Waals surface area (Å²) in [6.07, 6.45) is 11.6. The molecule has 1 aromatic rings. The maximum absolute atomic E-state index is 11.9. The van der Waals surface area contributed by atoms with Crippen molar-refractivity contribution in [1.29, 1.82) is 0 Å². The van der Waals surface area contributed by atoms with Gasteiger partial charge in [0.2, 0.25) is 5.78 Å². The number of hydrogen-bond donors (Lipinski definition) is 2. The molecule has 1 atom stereocenters. The number of aliphatic hydroxyl groups is 1. The van der Waals surface area contributed by atoms with Gasteiger partial charge in [-0.05, 0) is 42.0 Å². The van der Waals surface area contributed by atoms with Gasteiger partial charge in [-0.25, -0.2) is 0 Å². The zero-order valence-electron chi connectivity index (χ0n) is 15.0. The zero-order chi connectivity index (χ0) is 19.8. The van der Waals surface area contributed by atoms with Crippen LogP contribution in [-0.4, -0.2) is 36.0 Å². The average molecular weight is 368 g/mol. The van der Waals surface area contributed by atoms with E-state index >= 15 is 0 Å². The first-order chi connectivity index (χ1) is 12.9. The molecule has 0 bridgehead atoms. The molecule has 2 N–H and O–H groups in total. The van der Waals surface area contributed by atoms with Gasteiger partial charge in [0, 0.05) is 12.0 Å². The van der Waals surface area contributed by atoms with Gasteiger partial charge >= 0.3 is 0 Å². The Morgan fingerprint density at radius 2 is 1.96 bits per heavy atom. The fourth-order valence-corrected chi connectivity index (χ4v) is 2.31. The van der Waals surface area contributed by atoms with Crippen molar-refractivity contribution in [1.82, 2.24) is 0 Å². The fraction of sp³-hybridized carbons (Fsp3) is 0.143. The number of ketones is 2. The third-order valence-corrected chi connectivity index (χ3v) is 3.70. The lowest BCUT2D eigenvalue weighted by molar-refractivity contribution is -0.114. The molecule has 0 aromatic heterocycles. The minimum Gasteiger partial charge on any atom is -0.508 e. The van der Waals surface area contributed by atoms with E-state index in [0.717, 1.165) is 6.08 Å². The Labute approximate surface area is 157 Å². The summed E-state index contributed by atoms with van der Waals surface area (Å²) in [5.74, 6) is -0.539. The number of phenols is 1. The standard InChI is InChI=1S/C21H20O6/c1-26-20-11-14(5-9-18(20)24)3-7-16(22)13-17(23)8-4-15-6-10-19(25)21(12-15)27-2/h3-14,23,25H,1-2H3/b7-3+,8-4+,17-13?. The first-order valence-electron chi connectivity index (χ1n) is 8.09. The molecule has 1 aliphatic carbocycles. The van der Waals surface area contributed by atoms with Crippen LogP contribution in [0.2, 0.25) is 0 Å². The SMILES string of the molecule is COC1=CC(/C=C/C(=O)C=C(O)/C=C/c2ccc(O)c(OC)c2)C=CC1=O. The number of ether oxygens (including phenoxy) is 2. The summed E-state index contributed by atoms with van der Waals surface area (Å²) in [4.78, 5) is 23.4. The average Bonchev–Trinajstić information content (AvgIpc) is 2.66. The molecule has 1 aliphatic rings. The summed E-state index contributed by atoms with van der Waals surface area (Å²) in [6, 6.07) is 4.70. The van der Waals surface area contributed by atoms with Crippen LogP contribution in [0.5, 0.6) is 11.5 Å². The summed E-state index contributed by atoms with van der Waals surface area (Å²) < 4.78 is 9.96. The Bertz CT molecular complexity index is 871. The molecular weight excluding hydrogens is 348 g/mol. The smallest absolute Gasteiger partial charge is 0.219 e. The van der Waals surface area contributed by atoms with Crippen molar-refractivity contribution < 1.29 is 29.3 Å². The first-order valence-corrected chi connectivity index (χ1v) is 8.09. The lowest BCUT2D eigenvalue weighted by Gasteiger charge is -2.10. The Morgan fingerprint density at radius 1 is 1.19 bits per heavy atom. The monoisotopic (exact) mass is 368 g/mol. The third kappa shape index (κ3) is 5.74. The normalized spacial score (nSPS) is 17.4. The molecule has 0 heterocycles. The molecule has 0 amide bonds. The van der Waals surface area contributed by atoms with Crippen molar-refractivity contribution in [2.24, 2.45) is 5.92 Å². The van der Waals surface area contributed by atoms with E-state index in [0.29, 0.717) is 11.3 Å². The van der Waals surface area contributed by atoms with E-state index in [4.69, 9.17) is 9.47 Å². The number of methoxy groups -OCH3 is 2. The third-order valence-electron chi connectivity index (χ3n) is 3.70. The molecule has 2 rings (SSSR count). The van der Waals surface area contributed by atoms with E-state index < -0.39 is 5.78 Å². The first kappa shape index (κ1) is 19.8. The number of benzene rings is 1. The van der Waals surface area contributed by atoms with E-state index in [2.05, 4.69) is 0 Å². The van der Waals surface area contributed by atoms with Crippen molar-refractivity contribution in [3.05, 3.63) is 77.8 Å². The number of hydrogen-bond acceptors (Lipinski definition) is 6. The molecule has 0 saturated heterocycles. The van der Waals surface area contributed by atoms with Crippen LogP contribution < -0.4 is 4.74 Å². The number of aromatic hydroxyl groups is 1. The topological polar surface area (TPSA) is 93.1 Å². The van der Waals surface area contributed by atoms with Gasteiger partial charge in [0.15, 0.2) is 23.0 Å². The van der Waals surface area contributed by atoms with Crippen molar-refractivity contribution >= 4 is 17.6 Å². The Hall–Kier alpha value is -3.54. The Balaban J connectivity index is 2.01. The van der Waals surface area contributed by atoms with Crippen LogP contribution in [0.1, 0.15) is 5.56 Å². The number of aliphatic hydroxyl groups excluding tert-OH is 1. The predicted octanol–water partition coefficient (Wildman–Crippen LogP) is 3.27. The number of allylic oxidation sites excluding steroid dienone is 7. The molecular formula is C21H20O6. The maximum Gasteiger partial charge on any atom is 0.219 e. The molecule has 0 aliphatic heterocycles. The van der Waals surface area contributed by atoms with Crippen LogP contribution in [0.25, 0.3) is 6.08 Å². The maximum atomic E-state index is 11.9. The molecule has 27 heavy (non-hydrogen) atoms. The van der Waals surface area contributed by atoms with Gasteiger partial charge in [-0.15, -0.1) is 0 Å². The molecule has 0 spiro atoms. The highest BCUT2D eigenvalue weighted by atomic mass is 16.5. The fourth-order valence-electron chi connectivity index (χ4n) is 2.31. The van der Waals surface area contributed by atoms with E-state index in [1.165, 1.54) is 38.5 Å². The highest BCUT2D eigenvalue weighted by Gasteiger charge is 2.13. The van der Waals surface area contributed by atoms with Gasteiger partial charge in [-0.2, -0.15) is 0 Å². The minimum absolute atomic E-state index is 0.0128. The molecule has 1 aromatic carbocycles. The molecule has 0 radical (unpaired) electrons. The molecule has 6 nitrogen and oxygen atoms in total. The van der Waals surface area contributed by atoms with E-state index in [1.54, 1.807) is 36.4 Å². The van der Waals surface area contributed by atoms with Crippen molar-refractivity contribution in [3.8, 4) is 11.5 Å². The Morgan fingerprint density at radius 3 is 2.67 bits per heavy atom. The largest absolute Gasteiger partial charge is 0.508 e. The molecule has 1 unspecified atom stereocenters. The predicted molar refractivity (Wildman–Crippen MR) is 101 cm³/mol. The summed E-state index contributed by atoms with van der Waals surface area (Å²) in [6.45, 7) is 0. The van der Waals surface area contributed by atoms with Crippen molar-refractivity contribution in [3.63, 3.8) is 0 Å². The van der Waals surface area contributed by atoms with Crippen LogP contribution in [0.15, 0.2) is 72.2 Å². The summed E-state index contributed by atoms with van der Waals surface area (Å²) in [5, 5.41) is 19.4. The van der Waals surface area contributed by atoms with Crippen LogP contribution in [0.3, 0.4) is 0 Å². The second-order valence-electron chi connectivity index (χ2n) is 5.63. The van der Waals surface area contributed by atoms with E-state index in [9.17, 15) is 19.8 Å². The molecule has 6 heteroatoms. The van der Waals surface area contributed by atoms with Gasteiger partial charge in [-0.1, -0.05) is 24.3 Å². The summed E-state index contributed by atoms with van der Waals surface area (Å²) >= 11 is 0. The molecule has 0 saturated carbocycles. The lowest BCUT2D eigenvalue weighted by atomic mass is 10.0. The summed E-state index contributed by atoms with van der Waals surface area (Å²) in [7, 11) is 2.85. The second kappa shape index (κ2) is 9.24. The number of rotatable bonds is 7. The van der Waals surface area contributed by atoms with Crippen molar-refractivity contribution in [2.75, 3.05) is 14.2 Å². The molecule has 140 valence electrons. The second-order valence-corrected chi connectivity index (χ2v) is 5.63. The van der Waals surface area contributed by atoms with Crippen LogP contribution in [-0.2, 0) is 14.3 Å². The van der Waals surface area contributed by atoms with Gasteiger partial charge in [0.25, 0.3) is 0 Å². The Kier molecular flexibility index (Phi) is 6.77. The number of carbonyl (C=O) groups is 2. The highest BCUT2D eigenvalue weighted by molar-refractivity contribution is 6.03. The minimum atomic E-state index is -0.405. The van der Waals surface area contributed by atoms with Gasteiger partial charge in [0.05, 0.1) is 14.2 Å². The van der Waals surface area contributed by atoms with Crippen molar-refractivity contribution in [2.45, 2.75) is 0 Å². The summed E-state index contributed by atoms with van der Waals surface area (Å²) in [5.41, 5.74) is 0.682. The van der Waals surface area contributed by atoms with Crippen LogP contribution in [0, 0.1) is 5.92 Å². The van der Waals surface area contributed by atoms with Crippen LogP contribution in [0.4, 0.5) is 0 Å². The van der Waals surface area contributed by atoms with E-state index in [1.807, 2.05) is 0 Å². The quantitative estimate of drug-likeness (QED) is 0.436. The van der Waals surface area contributed by atoms with Gasteiger partial charge in [0.1, 0.15) is 5.76 Å². The molecule has 0 fully saturated rings. The zero-order valence-corrected chi connectivity index (χ0v) is 15.0. The highest BCUT2D eigenvalue weighted by Crippen LogP contribution is 2.26. The number of phenolic OH excluding ortho intramolecular Hbond substituents is 1. The van der Waals surface area contributed by atoms with Gasteiger partial charge < -0.3 is 19.7 Å².